The molecule has 0 aliphatic carbocycles. The standard InChI is InChI=1S/C6H5N3O/c7-6-3-1-2-5-4-8-10-9(5)6/h1-4,7H. The van der Waals surface area contributed by atoms with Gasteiger partial charge in [0.05, 0.1) is 6.20 Å². The Morgan fingerprint density at radius 1 is 1.50 bits per heavy atom. The van der Waals surface area contributed by atoms with Gasteiger partial charge in [0.2, 0.25) is 0 Å². The SMILES string of the molecule is N=c1cccc2cnon12. The quantitative estimate of drug-likeness (QED) is 0.568. The van der Waals surface area contributed by atoms with Gasteiger partial charge in [-0.3, -0.25) is 10.0 Å². The third-order valence-corrected chi connectivity index (χ3v) is 1.29. The van der Waals surface area contributed by atoms with Crippen LogP contribution in [0, 0.1) is 5.41 Å². The fourth-order valence-corrected chi connectivity index (χ4v) is 0.824. The van der Waals surface area contributed by atoms with E-state index < -0.39 is 0 Å². The van der Waals surface area contributed by atoms with Crippen LogP contribution in [0.25, 0.3) is 5.52 Å². The van der Waals surface area contributed by atoms with Crippen LogP contribution in [0.4, 0.5) is 0 Å². The molecule has 0 aromatic carbocycles. The zero-order valence-corrected chi connectivity index (χ0v) is 5.11. The van der Waals surface area contributed by atoms with Gasteiger partial charge < -0.3 is 0 Å². The van der Waals surface area contributed by atoms with Crippen molar-refractivity contribution in [2.45, 2.75) is 0 Å². The highest BCUT2D eigenvalue weighted by Gasteiger charge is 1.92. The minimum Gasteiger partial charge on any atom is -0.282 e. The molecule has 0 fully saturated rings. The van der Waals surface area contributed by atoms with Crippen molar-refractivity contribution >= 4 is 5.52 Å². The summed E-state index contributed by atoms with van der Waals surface area (Å²) in [4.78, 5) is 0. The first-order valence-electron chi connectivity index (χ1n) is 2.85. The molecule has 0 amide bonds. The minimum atomic E-state index is 0.301. The molecule has 0 unspecified atom stereocenters. The summed E-state index contributed by atoms with van der Waals surface area (Å²) in [5.74, 6) is 0. The van der Waals surface area contributed by atoms with Gasteiger partial charge in [0, 0.05) is 0 Å². The van der Waals surface area contributed by atoms with Crippen LogP contribution in [0.3, 0.4) is 0 Å². The molecule has 2 rings (SSSR count). The minimum absolute atomic E-state index is 0.301. The van der Waals surface area contributed by atoms with E-state index in [9.17, 15) is 0 Å². The van der Waals surface area contributed by atoms with Gasteiger partial charge in [0.25, 0.3) is 0 Å². The highest BCUT2D eigenvalue weighted by Crippen LogP contribution is 1.94. The van der Waals surface area contributed by atoms with E-state index in [2.05, 4.69) is 5.16 Å². The first-order valence-corrected chi connectivity index (χ1v) is 2.85. The maximum absolute atomic E-state index is 7.31. The van der Waals surface area contributed by atoms with Crippen molar-refractivity contribution in [2.75, 3.05) is 0 Å². The first-order chi connectivity index (χ1) is 4.88. The van der Waals surface area contributed by atoms with E-state index in [-0.39, 0.29) is 0 Å². The number of nitrogens with zero attached hydrogens (tertiary/aromatic N) is 2. The molecule has 0 saturated heterocycles. The van der Waals surface area contributed by atoms with E-state index in [1.165, 1.54) is 4.57 Å². The van der Waals surface area contributed by atoms with Crippen LogP contribution in [0.15, 0.2) is 29.0 Å². The second-order valence-corrected chi connectivity index (χ2v) is 1.95. The van der Waals surface area contributed by atoms with Crippen LogP contribution in [0.1, 0.15) is 0 Å². The number of hydrogen-bond acceptors (Lipinski definition) is 3. The Morgan fingerprint density at radius 2 is 2.40 bits per heavy atom. The Hall–Kier alpha value is -1.58. The van der Waals surface area contributed by atoms with E-state index in [0.29, 0.717) is 5.49 Å². The summed E-state index contributed by atoms with van der Waals surface area (Å²) < 4.78 is 6.08. The van der Waals surface area contributed by atoms with Gasteiger partial charge in [-0.05, 0) is 12.1 Å². The molecular formula is C6H5N3O. The summed E-state index contributed by atoms with van der Waals surface area (Å²) in [6.07, 6.45) is 1.57. The number of aromatic nitrogens is 2. The Balaban J connectivity index is 3.09. The molecule has 0 saturated carbocycles. The second-order valence-electron chi connectivity index (χ2n) is 1.95. The lowest BCUT2D eigenvalue weighted by atomic mass is 10.4. The lowest BCUT2D eigenvalue weighted by molar-refractivity contribution is 0.262. The van der Waals surface area contributed by atoms with Crippen LogP contribution >= 0.6 is 0 Å². The molecule has 0 aliphatic rings. The van der Waals surface area contributed by atoms with E-state index in [4.69, 9.17) is 10.0 Å². The van der Waals surface area contributed by atoms with Crippen molar-refractivity contribution in [3.8, 4) is 0 Å². The zero-order valence-electron chi connectivity index (χ0n) is 5.11. The van der Waals surface area contributed by atoms with Gasteiger partial charge in [-0.15, -0.1) is 4.57 Å². The van der Waals surface area contributed by atoms with Crippen molar-refractivity contribution < 1.29 is 4.63 Å². The number of hydrogen-bond donors (Lipinski definition) is 1. The topological polar surface area (TPSA) is 54.3 Å². The molecule has 4 nitrogen and oxygen atoms in total. The predicted octanol–water partition coefficient (Wildman–Crippen LogP) is 0.407. The van der Waals surface area contributed by atoms with E-state index >= 15 is 0 Å². The number of pyridine rings is 1. The molecule has 0 aliphatic heterocycles. The highest BCUT2D eigenvalue weighted by atomic mass is 16.6. The smallest absolute Gasteiger partial charge is 0.164 e. The largest absolute Gasteiger partial charge is 0.282 e. The first kappa shape index (κ1) is 5.22. The van der Waals surface area contributed by atoms with Crippen molar-refractivity contribution in [1.29, 1.82) is 5.41 Å². The molecular weight excluding hydrogens is 130 g/mol. The van der Waals surface area contributed by atoms with Crippen LogP contribution in [0.5, 0.6) is 0 Å². The Bertz CT molecular complexity index is 400. The molecule has 2 heterocycles. The Morgan fingerprint density at radius 3 is 3.20 bits per heavy atom. The van der Waals surface area contributed by atoms with Gasteiger partial charge in [0.15, 0.2) is 5.49 Å². The molecule has 0 spiro atoms. The molecule has 0 bridgehead atoms. The lowest BCUT2D eigenvalue weighted by Gasteiger charge is -1.85. The van der Waals surface area contributed by atoms with Gasteiger partial charge in [0.1, 0.15) is 5.52 Å². The van der Waals surface area contributed by atoms with Gasteiger partial charge in [-0.1, -0.05) is 11.2 Å². The van der Waals surface area contributed by atoms with Gasteiger partial charge >= 0.3 is 0 Å². The lowest BCUT2D eigenvalue weighted by Crippen LogP contribution is -2.08. The fraction of sp³-hybridized carbons (Fsp3) is 0. The van der Waals surface area contributed by atoms with Crippen molar-refractivity contribution in [2.24, 2.45) is 0 Å². The molecule has 4 heteroatoms. The van der Waals surface area contributed by atoms with Gasteiger partial charge in [-0.25, -0.2) is 0 Å². The summed E-state index contributed by atoms with van der Waals surface area (Å²) in [7, 11) is 0. The van der Waals surface area contributed by atoms with Crippen molar-refractivity contribution in [3.05, 3.63) is 29.9 Å². The maximum Gasteiger partial charge on any atom is 0.164 e. The summed E-state index contributed by atoms with van der Waals surface area (Å²) in [5.41, 5.74) is 1.10. The number of fused-ring (bicyclic) bond motifs is 1. The molecule has 0 radical (unpaired) electrons. The molecule has 2 aromatic heterocycles. The average molecular weight is 135 g/mol. The number of rotatable bonds is 0. The molecule has 1 N–H and O–H groups in total. The van der Waals surface area contributed by atoms with Crippen molar-refractivity contribution in [3.63, 3.8) is 0 Å². The normalized spacial score (nSPS) is 10.4. The van der Waals surface area contributed by atoms with E-state index in [1.54, 1.807) is 18.3 Å². The fourth-order valence-electron chi connectivity index (χ4n) is 0.824. The summed E-state index contributed by atoms with van der Waals surface area (Å²) in [6, 6.07) is 5.25. The van der Waals surface area contributed by atoms with Crippen molar-refractivity contribution in [1.82, 2.24) is 9.73 Å². The second kappa shape index (κ2) is 1.70. The van der Waals surface area contributed by atoms with Gasteiger partial charge in [-0.2, -0.15) is 0 Å². The molecule has 0 atom stereocenters. The summed E-state index contributed by atoms with van der Waals surface area (Å²) in [5, 5.41) is 10.8. The van der Waals surface area contributed by atoms with Crippen LogP contribution in [-0.4, -0.2) is 9.73 Å². The molecule has 50 valence electrons. The molecule has 2 aromatic rings. The monoisotopic (exact) mass is 135 g/mol. The average Bonchev–Trinajstić information content (AvgIpc) is 2.36. The van der Waals surface area contributed by atoms with E-state index in [0.717, 1.165) is 5.52 Å². The van der Waals surface area contributed by atoms with Crippen LogP contribution in [-0.2, 0) is 0 Å². The Kier molecular flexibility index (Phi) is 0.887. The third-order valence-electron chi connectivity index (χ3n) is 1.29. The highest BCUT2D eigenvalue weighted by molar-refractivity contribution is 5.40. The van der Waals surface area contributed by atoms with E-state index in [1.807, 2.05) is 6.07 Å². The summed E-state index contributed by atoms with van der Waals surface area (Å²) >= 11 is 0. The maximum atomic E-state index is 7.31. The zero-order chi connectivity index (χ0) is 6.97. The number of nitrogens with one attached hydrogen (secondary N) is 1. The third kappa shape index (κ3) is 0.556. The summed E-state index contributed by atoms with van der Waals surface area (Å²) in [6.45, 7) is 0. The van der Waals surface area contributed by atoms with Crippen LogP contribution in [0.2, 0.25) is 0 Å². The molecule has 10 heavy (non-hydrogen) atoms. The predicted molar refractivity (Wildman–Crippen MR) is 33.3 cm³/mol. The van der Waals surface area contributed by atoms with Crippen LogP contribution < -0.4 is 5.49 Å². The Labute approximate surface area is 56.2 Å².